The molecule has 0 aliphatic rings. The number of para-hydroxylation sites is 1. The Morgan fingerprint density at radius 3 is 2.85 bits per heavy atom. The van der Waals surface area contributed by atoms with Gasteiger partial charge in [-0.3, -0.25) is 4.99 Å². The first-order chi connectivity index (χ1) is 12.6. The molecule has 3 rings (SSSR count). The van der Waals surface area contributed by atoms with Gasteiger partial charge in [-0.2, -0.15) is 0 Å². The molecule has 0 aliphatic carbocycles. The van der Waals surface area contributed by atoms with Crippen LogP contribution in [-0.4, -0.2) is 42.5 Å². The average Bonchev–Trinajstić information content (AvgIpc) is 3.08. The average molecular weight is 352 g/mol. The van der Waals surface area contributed by atoms with E-state index in [1.807, 2.05) is 30.5 Å². The van der Waals surface area contributed by atoms with Crippen LogP contribution in [0.15, 0.2) is 53.7 Å². The van der Waals surface area contributed by atoms with Crippen molar-refractivity contribution in [2.75, 3.05) is 14.2 Å². The molecule has 1 atom stereocenters. The first-order valence-electron chi connectivity index (χ1n) is 8.15. The molecule has 0 aliphatic heterocycles. The Hall–Kier alpha value is -3.28. The third-order valence-electron chi connectivity index (χ3n) is 4.19. The smallest absolute Gasteiger partial charge is 0.330 e. The van der Waals surface area contributed by atoms with E-state index in [2.05, 4.69) is 9.98 Å². The Bertz CT molecular complexity index is 946. The van der Waals surface area contributed by atoms with Gasteiger partial charge in [0.15, 0.2) is 6.04 Å². The summed E-state index contributed by atoms with van der Waals surface area (Å²) in [5.74, 6) is 0.217. The van der Waals surface area contributed by atoms with Gasteiger partial charge in [-0.25, -0.2) is 4.79 Å². The third kappa shape index (κ3) is 3.69. The van der Waals surface area contributed by atoms with Gasteiger partial charge in [-0.1, -0.05) is 18.2 Å². The van der Waals surface area contributed by atoms with E-state index >= 15 is 0 Å². The van der Waals surface area contributed by atoms with Crippen LogP contribution in [-0.2, 0) is 16.0 Å². The lowest BCUT2D eigenvalue weighted by molar-refractivity contribution is -0.142. The van der Waals surface area contributed by atoms with Crippen molar-refractivity contribution >= 4 is 23.1 Å². The second-order valence-corrected chi connectivity index (χ2v) is 5.81. The minimum Gasteiger partial charge on any atom is -0.507 e. The Labute approximate surface area is 151 Å². The topological polar surface area (TPSA) is 83.9 Å². The van der Waals surface area contributed by atoms with E-state index in [1.165, 1.54) is 19.4 Å². The van der Waals surface area contributed by atoms with Crippen LogP contribution in [0, 0.1) is 0 Å². The van der Waals surface area contributed by atoms with Gasteiger partial charge in [-0.15, -0.1) is 0 Å². The van der Waals surface area contributed by atoms with Crippen molar-refractivity contribution in [3.05, 3.63) is 59.8 Å². The molecule has 0 bridgehead atoms. The van der Waals surface area contributed by atoms with Crippen molar-refractivity contribution in [2.45, 2.75) is 12.5 Å². The number of ether oxygens (including phenoxy) is 2. The third-order valence-corrected chi connectivity index (χ3v) is 4.19. The van der Waals surface area contributed by atoms with E-state index in [1.54, 1.807) is 19.2 Å². The number of carbonyl (C=O) groups is 1. The largest absolute Gasteiger partial charge is 0.507 e. The molecule has 3 aromatic rings. The fraction of sp³-hybridized carbons (Fsp3) is 0.200. The molecule has 26 heavy (non-hydrogen) atoms. The molecule has 0 radical (unpaired) electrons. The molecule has 6 heteroatoms. The maximum Gasteiger partial charge on any atom is 0.330 e. The van der Waals surface area contributed by atoms with Crippen LogP contribution in [0.25, 0.3) is 10.9 Å². The lowest BCUT2D eigenvalue weighted by Crippen LogP contribution is -2.23. The van der Waals surface area contributed by atoms with E-state index in [9.17, 15) is 9.90 Å². The Balaban J connectivity index is 1.88. The number of benzene rings is 2. The molecule has 0 amide bonds. The van der Waals surface area contributed by atoms with Gasteiger partial charge in [0.1, 0.15) is 11.5 Å². The van der Waals surface area contributed by atoms with Gasteiger partial charge in [0, 0.05) is 35.3 Å². The molecule has 6 nitrogen and oxygen atoms in total. The summed E-state index contributed by atoms with van der Waals surface area (Å²) in [7, 11) is 2.88. The van der Waals surface area contributed by atoms with Crippen LogP contribution in [0.5, 0.6) is 11.5 Å². The maximum absolute atomic E-state index is 12.2. The predicted molar refractivity (Wildman–Crippen MR) is 100 cm³/mol. The Morgan fingerprint density at radius 1 is 1.27 bits per heavy atom. The minimum absolute atomic E-state index is 0.0604. The van der Waals surface area contributed by atoms with Crippen LogP contribution in [0.2, 0.25) is 0 Å². The zero-order valence-corrected chi connectivity index (χ0v) is 14.6. The number of aliphatic imine (C=N–C) groups is 1. The number of phenolic OH excluding ortho intramolecular Hbond substituents is 1. The highest BCUT2D eigenvalue weighted by molar-refractivity contribution is 5.88. The summed E-state index contributed by atoms with van der Waals surface area (Å²) in [6.07, 6.45) is 3.73. The van der Waals surface area contributed by atoms with Crippen molar-refractivity contribution in [3.63, 3.8) is 0 Å². The van der Waals surface area contributed by atoms with E-state index < -0.39 is 12.0 Å². The number of nitrogens with one attached hydrogen (secondary N) is 1. The number of H-pyrrole nitrogens is 1. The van der Waals surface area contributed by atoms with Gasteiger partial charge in [0.05, 0.1) is 14.2 Å². The van der Waals surface area contributed by atoms with Gasteiger partial charge >= 0.3 is 5.97 Å². The van der Waals surface area contributed by atoms with Crippen LogP contribution in [0.3, 0.4) is 0 Å². The number of hydrogen-bond acceptors (Lipinski definition) is 5. The van der Waals surface area contributed by atoms with Gasteiger partial charge in [-0.05, 0) is 29.8 Å². The zero-order chi connectivity index (χ0) is 18.5. The van der Waals surface area contributed by atoms with E-state index in [-0.39, 0.29) is 5.75 Å². The number of aromatic amines is 1. The number of rotatable bonds is 6. The quantitative estimate of drug-likeness (QED) is 0.527. The summed E-state index contributed by atoms with van der Waals surface area (Å²) in [4.78, 5) is 19.7. The summed E-state index contributed by atoms with van der Waals surface area (Å²) in [5.41, 5.74) is 2.45. The highest BCUT2D eigenvalue weighted by atomic mass is 16.5. The van der Waals surface area contributed by atoms with E-state index in [0.29, 0.717) is 17.7 Å². The molecule has 0 spiro atoms. The molecular weight excluding hydrogens is 332 g/mol. The van der Waals surface area contributed by atoms with Gasteiger partial charge < -0.3 is 19.6 Å². The monoisotopic (exact) mass is 352 g/mol. The second-order valence-electron chi connectivity index (χ2n) is 5.81. The standard InChI is InChI=1S/C20H20N2O4/c1-25-15-7-8-19(23)14(9-15)12-22-18(20(24)26-2)10-13-11-21-17-6-4-3-5-16(13)17/h3-9,11-12,18,21,23H,10H2,1-2H3. The number of nitrogens with zero attached hydrogens (tertiary/aromatic N) is 1. The predicted octanol–water partition coefficient (Wildman–Crippen LogP) is 3.09. The van der Waals surface area contributed by atoms with Crippen molar-refractivity contribution in [1.29, 1.82) is 0 Å². The fourth-order valence-corrected chi connectivity index (χ4v) is 2.77. The SMILES string of the molecule is COC(=O)C(Cc1c[nH]c2ccccc12)N=Cc1cc(OC)ccc1O. The molecule has 1 heterocycles. The Morgan fingerprint density at radius 2 is 2.08 bits per heavy atom. The van der Waals surface area contributed by atoms with Gasteiger partial charge in [0.2, 0.25) is 0 Å². The molecule has 1 unspecified atom stereocenters. The molecule has 2 aromatic carbocycles. The Kier molecular flexibility index (Phi) is 5.22. The molecule has 0 saturated carbocycles. The highest BCUT2D eigenvalue weighted by Crippen LogP contribution is 2.23. The zero-order valence-electron chi connectivity index (χ0n) is 14.6. The summed E-state index contributed by atoms with van der Waals surface area (Å²) in [6.45, 7) is 0. The number of methoxy groups -OCH3 is 2. The van der Waals surface area contributed by atoms with Crippen LogP contribution in [0.1, 0.15) is 11.1 Å². The molecule has 134 valence electrons. The molecule has 0 saturated heterocycles. The second kappa shape index (κ2) is 7.74. The normalized spacial score (nSPS) is 12.4. The first kappa shape index (κ1) is 17.5. The first-order valence-corrected chi connectivity index (χ1v) is 8.15. The number of fused-ring (bicyclic) bond motifs is 1. The van der Waals surface area contributed by atoms with E-state index in [0.717, 1.165) is 16.5 Å². The van der Waals surface area contributed by atoms with Crippen LogP contribution < -0.4 is 4.74 Å². The van der Waals surface area contributed by atoms with Gasteiger partial charge in [0.25, 0.3) is 0 Å². The number of esters is 1. The summed E-state index contributed by atoms with van der Waals surface area (Å²) < 4.78 is 10.0. The highest BCUT2D eigenvalue weighted by Gasteiger charge is 2.20. The molecule has 1 aromatic heterocycles. The molecule has 2 N–H and O–H groups in total. The summed E-state index contributed by atoms with van der Waals surface area (Å²) in [5, 5.41) is 11.0. The molecule has 0 fully saturated rings. The maximum atomic E-state index is 12.2. The van der Waals surface area contributed by atoms with E-state index in [4.69, 9.17) is 9.47 Å². The lowest BCUT2D eigenvalue weighted by Gasteiger charge is -2.10. The minimum atomic E-state index is -0.718. The number of aromatic hydroxyl groups is 1. The lowest BCUT2D eigenvalue weighted by atomic mass is 10.1. The number of carbonyl (C=O) groups excluding carboxylic acids is 1. The van der Waals surface area contributed by atoms with Crippen molar-refractivity contribution in [3.8, 4) is 11.5 Å². The summed E-state index contributed by atoms with van der Waals surface area (Å²) in [6, 6.07) is 12.0. The van der Waals surface area contributed by atoms with Crippen molar-refractivity contribution < 1.29 is 19.4 Å². The number of hydrogen-bond donors (Lipinski definition) is 2. The van der Waals surface area contributed by atoms with Crippen LogP contribution in [0.4, 0.5) is 0 Å². The number of phenols is 1. The van der Waals surface area contributed by atoms with Crippen LogP contribution >= 0.6 is 0 Å². The summed E-state index contributed by atoms with van der Waals surface area (Å²) >= 11 is 0. The molecular formula is C20H20N2O4. The number of aromatic nitrogens is 1. The fourth-order valence-electron chi connectivity index (χ4n) is 2.77. The van der Waals surface area contributed by atoms with Crippen molar-refractivity contribution in [1.82, 2.24) is 4.98 Å². The van der Waals surface area contributed by atoms with Crippen molar-refractivity contribution in [2.24, 2.45) is 4.99 Å².